The minimum absolute atomic E-state index is 0.00479. The molecule has 2 aliphatic rings. The predicted octanol–water partition coefficient (Wildman–Crippen LogP) is 1.93. The summed E-state index contributed by atoms with van der Waals surface area (Å²) in [4.78, 5) is 24.9. The molecular formula is C15H18N2O4. The number of ketones is 1. The van der Waals surface area contributed by atoms with Crippen molar-refractivity contribution in [1.29, 1.82) is 0 Å². The van der Waals surface area contributed by atoms with E-state index in [2.05, 4.69) is 4.90 Å². The minimum Gasteiger partial charge on any atom is -0.396 e. The Balaban J connectivity index is 2.02. The summed E-state index contributed by atoms with van der Waals surface area (Å²) >= 11 is 0. The Labute approximate surface area is 122 Å². The van der Waals surface area contributed by atoms with Crippen LogP contribution in [-0.4, -0.2) is 35.5 Å². The fourth-order valence-corrected chi connectivity index (χ4v) is 3.42. The first-order valence-corrected chi connectivity index (χ1v) is 7.31. The van der Waals surface area contributed by atoms with Gasteiger partial charge in [0, 0.05) is 43.4 Å². The van der Waals surface area contributed by atoms with Gasteiger partial charge in [-0.15, -0.1) is 0 Å². The third-order valence-corrected chi connectivity index (χ3v) is 4.46. The van der Waals surface area contributed by atoms with Crippen molar-refractivity contribution in [2.75, 3.05) is 24.6 Å². The second kappa shape index (κ2) is 5.44. The molecule has 0 amide bonds. The van der Waals surface area contributed by atoms with Crippen molar-refractivity contribution in [3.63, 3.8) is 0 Å². The Morgan fingerprint density at radius 2 is 2.19 bits per heavy atom. The highest BCUT2D eigenvalue weighted by Crippen LogP contribution is 2.38. The van der Waals surface area contributed by atoms with Crippen molar-refractivity contribution in [2.45, 2.75) is 25.7 Å². The van der Waals surface area contributed by atoms with E-state index in [1.54, 1.807) is 6.07 Å². The minimum atomic E-state index is -0.409. The van der Waals surface area contributed by atoms with Crippen molar-refractivity contribution in [3.8, 4) is 0 Å². The number of anilines is 1. The van der Waals surface area contributed by atoms with Crippen LogP contribution >= 0.6 is 0 Å². The number of benzene rings is 1. The zero-order valence-corrected chi connectivity index (χ0v) is 11.7. The molecule has 1 aromatic rings. The van der Waals surface area contributed by atoms with E-state index in [9.17, 15) is 20.0 Å². The molecular weight excluding hydrogens is 272 g/mol. The van der Waals surface area contributed by atoms with Gasteiger partial charge in [0.1, 0.15) is 0 Å². The molecule has 1 unspecified atom stereocenters. The third kappa shape index (κ3) is 2.40. The Morgan fingerprint density at radius 3 is 2.90 bits per heavy atom. The average molecular weight is 290 g/mol. The molecule has 1 N–H and O–H groups in total. The van der Waals surface area contributed by atoms with Crippen LogP contribution in [0.3, 0.4) is 0 Å². The number of rotatable bonds is 3. The van der Waals surface area contributed by atoms with Crippen LogP contribution in [0.4, 0.5) is 11.4 Å². The number of nitro groups is 1. The number of Topliss-reactive ketones (excluding diaryl/α,β-unsaturated/α-hetero) is 1. The molecule has 0 aromatic heterocycles. The van der Waals surface area contributed by atoms with Crippen LogP contribution in [0, 0.1) is 16.0 Å². The van der Waals surface area contributed by atoms with Gasteiger partial charge >= 0.3 is 0 Å². The zero-order valence-electron chi connectivity index (χ0n) is 11.7. The molecule has 112 valence electrons. The highest BCUT2D eigenvalue weighted by molar-refractivity contribution is 6.06. The maximum atomic E-state index is 12.2. The molecule has 1 fully saturated rings. The first-order chi connectivity index (χ1) is 10.1. The SMILES string of the molecule is O=C1CCc2c([N+](=O)[O-])ccc(N3CCCC(CO)C3)c21. The van der Waals surface area contributed by atoms with Crippen LogP contribution in [0.5, 0.6) is 0 Å². The molecule has 21 heavy (non-hydrogen) atoms. The quantitative estimate of drug-likeness (QED) is 0.679. The molecule has 0 radical (unpaired) electrons. The maximum Gasteiger partial charge on any atom is 0.273 e. The summed E-state index contributed by atoms with van der Waals surface area (Å²) in [5, 5.41) is 20.4. The summed E-state index contributed by atoms with van der Waals surface area (Å²) in [5.74, 6) is 0.205. The summed E-state index contributed by atoms with van der Waals surface area (Å²) in [6, 6.07) is 3.20. The highest BCUT2D eigenvalue weighted by atomic mass is 16.6. The molecule has 1 aromatic carbocycles. The Bertz CT molecular complexity index is 600. The molecule has 0 saturated carbocycles. The number of hydrogen-bond donors (Lipinski definition) is 1. The van der Waals surface area contributed by atoms with Crippen molar-refractivity contribution < 1.29 is 14.8 Å². The number of hydrogen-bond acceptors (Lipinski definition) is 5. The van der Waals surface area contributed by atoms with E-state index in [1.807, 2.05) is 0 Å². The van der Waals surface area contributed by atoms with Gasteiger partial charge in [-0.3, -0.25) is 14.9 Å². The van der Waals surface area contributed by atoms with Gasteiger partial charge in [-0.25, -0.2) is 0 Å². The van der Waals surface area contributed by atoms with E-state index in [-0.39, 0.29) is 24.0 Å². The van der Waals surface area contributed by atoms with Gasteiger partial charge in [0.05, 0.1) is 10.5 Å². The molecule has 1 heterocycles. The Hall–Kier alpha value is -1.95. The number of piperidine rings is 1. The number of aliphatic hydroxyl groups is 1. The van der Waals surface area contributed by atoms with Gasteiger partial charge in [-0.1, -0.05) is 0 Å². The van der Waals surface area contributed by atoms with Gasteiger partial charge in [-0.2, -0.15) is 0 Å². The summed E-state index contributed by atoms with van der Waals surface area (Å²) in [6.45, 7) is 1.67. The van der Waals surface area contributed by atoms with Crippen molar-refractivity contribution in [1.82, 2.24) is 0 Å². The average Bonchev–Trinajstić information content (AvgIpc) is 2.88. The lowest BCUT2D eigenvalue weighted by Crippen LogP contribution is -2.37. The lowest BCUT2D eigenvalue weighted by atomic mass is 9.96. The molecule has 3 rings (SSSR count). The first-order valence-electron chi connectivity index (χ1n) is 7.31. The van der Waals surface area contributed by atoms with Crippen molar-refractivity contribution >= 4 is 17.2 Å². The van der Waals surface area contributed by atoms with Crippen LogP contribution < -0.4 is 4.90 Å². The van der Waals surface area contributed by atoms with Crippen molar-refractivity contribution in [3.05, 3.63) is 33.4 Å². The fourth-order valence-electron chi connectivity index (χ4n) is 3.42. The standard InChI is InChI=1S/C15H18N2O4/c18-9-10-2-1-7-16(8-10)13-5-4-12(17(20)21)11-3-6-14(19)15(11)13/h4-5,10,18H,1-3,6-9H2. The van der Waals surface area contributed by atoms with Gasteiger partial charge < -0.3 is 10.0 Å². The van der Waals surface area contributed by atoms with Crippen LogP contribution in [0.1, 0.15) is 35.2 Å². The number of nitrogens with zero attached hydrogens (tertiary/aromatic N) is 2. The van der Waals surface area contributed by atoms with E-state index in [0.717, 1.165) is 25.1 Å². The van der Waals surface area contributed by atoms with Crippen LogP contribution in [0.15, 0.2) is 12.1 Å². The van der Waals surface area contributed by atoms with E-state index in [1.165, 1.54) is 6.07 Å². The number of nitro benzene ring substituents is 1. The molecule has 1 aliphatic carbocycles. The number of carbonyl (C=O) groups excluding carboxylic acids is 1. The molecule has 1 aliphatic heterocycles. The fraction of sp³-hybridized carbons (Fsp3) is 0.533. The molecule has 1 atom stereocenters. The predicted molar refractivity (Wildman–Crippen MR) is 77.8 cm³/mol. The second-order valence-electron chi connectivity index (χ2n) is 5.77. The summed E-state index contributed by atoms with van der Waals surface area (Å²) in [7, 11) is 0. The maximum absolute atomic E-state index is 12.2. The molecule has 1 saturated heterocycles. The lowest BCUT2D eigenvalue weighted by molar-refractivity contribution is -0.385. The highest BCUT2D eigenvalue weighted by Gasteiger charge is 2.33. The third-order valence-electron chi connectivity index (χ3n) is 4.46. The van der Waals surface area contributed by atoms with Crippen molar-refractivity contribution in [2.24, 2.45) is 5.92 Å². The van der Waals surface area contributed by atoms with E-state index >= 15 is 0 Å². The molecule has 6 heteroatoms. The second-order valence-corrected chi connectivity index (χ2v) is 5.77. The number of fused-ring (bicyclic) bond motifs is 1. The monoisotopic (exact) mass is 290 g/mol. The Morgan fingerprint density at radius 1 is 1.38 bits per heavy atom. The van der Waals surface area contributed by atoms with Gasteiger partial charge in [0.15, 0.2) is 5.78 Å². The van der Waals surface area contributed by atoms with Gasteiger partial charge in [-0.05, 0) is 31.2 Å². The van der Waals surface area contributed by atoms with Gasteiger partial charge in [0.2, 0.25) is 0 Å². The summed E-state index contributed by atoms with van der Waals surface area (Å²) in [6.07, 6.45) is 2.75. The summed E-state index contributed by atoms with van der Waals surface area (Å²) in [5.41, 5.74) is 1.96. The molecule has 0 spiro atoms. The smallest absolute Gasteiger partial charge is 0.273 e. The van der Waals surface area contributed by atoms with Crippen LogP contribution in [0.25, 0.3) is 0 Å². The largest absolute Gasteiger partial charge is 0.396 e. The number of carbonyl (C=O) groups is 1. The zero-order chi connectivity index (χ0) is 15.0. The number of aliphatic hydroxyl groups excluding tert-OH is 1. The van der Waals surface area contributed by atoms with E-state index in [4.69, 9.17) is 0 Å². The molecule has 6 nitrogen and oxygen atoms in total. The topological polar surface area (TPSA) is 83.7 Å². The summed E-state index contributed by atoms with van der Waals surface area (Å²) < 4.78 is 0. The first kappa shape index (κ1) is 14.0. The Kier molecular flexibility index (Phi) is 3.63. The van der Waals surface area contributed by atoms with E-state index < -0.39 is 4.92 Å². The van der Waals surface area contributed by atoms with Crippen LogP contribution in [-0.2, 0) is 6.42 Å². The lowest BCUT2D eigenvalue weighted by Gasteiger charge is -2.34. The van der Waals surface area contributed by atoms with Crippen LogP contribution in [0.2, 0.25) is 0 Å². The normalized spacial score (nSPS) is 21.5. The van der Waals surface area contributed by atoms with Gasteiger partial charge in [0.25, 0.3) is 5.69 Å². The van der Waals surface area contributed by atoms with E-state index in [0.29, 0.717) is 30.5 Å². The molecule has 0 bridgehead atoms.